The third-order valence-electron chi connectivity index (χ3n) is 3.58. The van der Waals surface area contributed by atoms with Crippen molar-refractivity contribution in [1.29, 1.82) is 0 Å². The molecular formula is C15H25N3OS2. The minimum Gasteiger partial charge on any atom is -0.349 e. The van der Waals surface area contributed by atoms with Crippen LogP contribution < -0.4 is 5.32 Å². The molecule has 2 heterocycles. The molecule has 1 aromatic rings. The average molecular weight is 328 g/mol. The van der Waals surface area contributed by atoms with Crippen LogP contribution in [0.5, 0.6) is 0 Å². The second-order valence-corrected chi connectivity index (χ2v) is 8.61. The van der Waals surface area contributed by atoms with Crippen molar-refractivity contribution in [2.45, 2.75) is 45.2 Å². The van der Waals surface area contributed by atoms with E-state index in [0.717, 1.165) is 16.5 Å². The average Bonchev–Trinajstić information content (AvgIpc) is 3.07. The molecule has 0 aromatic carbocycles. The fourth-order valence-electron chi connectivity index (χ4n) is 2.20. The van der Waals surface area contributed by atoms with Crippen molar-refractivity contribution in [3.63, 3.8) is 0 Å². The van der Waals surface area contributed by atoms with Gasteiger partial charge in [-0.2, -0.15) is 11.8 Å². The summed E-state index contributed by atoms with van der Waals surface area (Å²) in [6.07, 6.45) is 1.19. The topological polar surface area (TPSA) is 45.2 Å². The van der Waals surface area contributed by atoms with Gasteiger partial charge in [-0.05, 0) is 19.2 Å². The number of carbonyl (C=O) groups excluding carboxylic acids is 1. The van der Waals surface area contributed by atoms with Gasteiger partial charge in [-0.25, -0.2) is 4.98 Å². The Morgan fingerprint density at radius 3 is 2.86 bits per heavy atom. The van der Waals surface area contributed by atoms with E-state index in [0.29, 0.717) is 19.1 Å². The highest BCUT2D eigenvalue weighted by Gasteiger charge is 2.22. The van der Waals surface area contributed by atoms with E-state index >= 15 is 0 Å². The van der Waals surface area contributed by atoms with Crippen LogP contribution in [0.4, 0.5) is 0 Å². The Kier molecular flexibility index (Phi) is 5.68. The van der Waals surface area contributed by atoms with E-state index in [1.165, 1.54) is 12.2 Å². The summed E-state index contributed by atoms with van der Waals surface area (Å²) < 4.78 is 0. The predicted octanol–water partition coefficient (Wildman–Crippen LogP) is 2.49. The molecule has 6 heteroatoms. The molecule has 1 amide bonds. The third-order valence-corrected chi connectivity index (χ3v) is 6.04. The van der Waals surface area contributed by atoms with Crippen LogP contribution in [-0.4, -0.2) is 46.9 Å². The Morgan fingerprint density at radius 2 is 2.29 bits per heavy atom. The number of nitrogens with one attached hydrogen (secondary N) is 1. The first-order chi connectivity index (χ1) is 9.86. The zero-order chi connectivity index (χ0) is 15.5. The highest BCUT2D eigenvalue weighted by Crippen LogP contribution is 2.25. The predicted molar refractivity (Wildman–Crippen MR) is 91.0 cm³/mol. The molecule has 118 valence electrons. The maximum Gasteiger partial charge on any atom is 0.234 e. The Balaban J connectivity index is 1.77. The molecule has 2 rings (SSSR count). The first-order valence-corrected chi connectivity index (χ1v) is 9.39. The summed E-state index contributed by atoms with van der Waals surface area (Å²) >= 11 is 3.64. The van der Waals surface area contributed by atoms with Crippen LogP contribution in [0.2, 0.25) is 0 Å². The van der Waals surface area contributed by atoms with Crippen molar-refractivity contribution < 1.29 is 4.79 Å². The van der Waals surface area contributed by atoms with E-state index in [1.54, 1.807) is 11.3 Å². The lowest BCUT2D eigenvalue weighted by molar-refractivity contribution is -0.122. The molecule has 0 aliphatic carbocycles. The number of likely N-dealkylation sites (N-methyl/N-ethyl adjacent to an activating group) is 1. The zero-order valence-electron chi connectivity index (χ0n) is 13.3. The normalized spacial score (nSPS) is 19.2. The number of hydrogen-bond acceptors (Lipinski definition) is 5. The minimum absolute atomic E-state index is 0.0767. The van der Waals surface area contributed by atoms with Crippen LogP contribution in [0.25, 0.3) is 0 Å². The van der Waals surface area contributed by atoms with Crippen molar-refractivity contribution in [2.75, 3.05) is 25.1 Å². The molecule has 1 unspecified atom stereocenters. The van der Waals surface area contributed by atoms with E-state index in [2.05, 4.69) is 36.0 Å². The van der Waals surface area contributed by atoms with Gasteiger partial charge in [-0.3, -0.25) is 9.69 Å². The molecule has 1 N–H and O–H groups in total. The van der Waals surface area contributed by atoms with Crippen molar-refractivity contribution in [1.82, 2.24) is 15.2 Å². The molecule has 21 heavy (non-hydrogen) atoms. The SMILES string of the molecule is CN(CC(=O)NCc1csc(C(C)(C)C)n1)C1CCSC1. The summed E-state index contributed by atoms with van der Waals surface area (Å²) in [5.74, 6) is 2.44. The van der Waals surface area contributed by atoms with Crippen LogP contribution >= 0.6 is 23.1 Å². The molecular weight excluding hydrogens is 302 g/mol. The first kappa shape index (κ1) is 16.8. The summed E-state index contributed by atoms with van der Waals surface area (Å²) in [4.78, 5) is 18.8. The van der Waals surface area contributed by atoms with Gasteiger partial charge in [-0.1, -0.05) is 20.8 Å². The molecule has 0 bridgehead atoms. The number of carbonyl (C=O) groups is 1. The van der Waals surface area contributed by atoms with Gasteiger partial charge in [0.25, 0.3) is 0 Å². The van der Waals surface area contributed by atoms with Gasteiger partial charge in [0, 0.05) is 22.6 Å². The smallest absolute Gasteiger partial charge is 0.234 e. The molecule has 1 saturated heterocycles. The molecule has 0 saturated carbocycles. The molecule has 1 aromatic heterocycles. The number of nitrogens with zero attached hydrogens (tertiary/aromatic N) is 2. The quantitative estimate of drug-likeness (QED) is 0.902. The lowest BCUT2D eigenvalue weighted by atomic mass is 9.98. The van der Waals surface area contributed by atoms with E-state index < -0.39 is 0 Å². The first-order valence-electron chi connectivity index (χ1n) is 7.36. The molecule has 1 aliphatic rings. The molecule has 1 fully saturated rings. The summed E-state index contributed by atoms with van der Waals surface area (Å²) in [5, 5.41) is 6.13. The van der Waals surface area contributed by atoms with Gasteiger partial charge in [0.1, 0.15) is 0 Å². The van der Waals surface area contributed by atoms with Crippen molar-refractivity contribution in [3.8, 4) is 0 Å². The fourth-order valence-corrected chi connectivity index (χ4v) is 4.41. The summed E-state index contributed by atoms with van der Waals surface area (Å²) in [7, 11) is 2.04. The van der Waals surface area contributed by atoms with Gasteiger partial charge in [0.15, 0.2) is 0 Å². The minimum atomic E-state index is 0.0767. The third kappa shape index (κ3) is 4.97. The number of rotatable bonds is 5. The number of thiazole rings is 1. The van der Waals surface area contributed by atoms with E-state index in [9.17, 15) is 4.79 Å². The molecule has 4 nitrogen and oxygen atoms in total. The maximum absolute atomic E-state index is 12.0. The largest absolute Gasteiger partial charge is 0.349 e. The van der Waals surface area contributed by atoms with Crippen molar-refractivity contribution in [2.24, 2.45) is 0 Å². The van der Waals surface area contributed by atoms with Crippen LogP contribution in [0, 0.1) is 0 Å². The van der Waals surface area contributed by atoms with Crippen LogP contribution in [0.1, 0.15) is 37.9 Å². The molecule has 0 spiro atoms. The summed E-state index contributed by atoms with van der Waals surface area (Å²) in [6.45, 7) is 7.47. The number of amides is 1. The summed E-state index contributed by atoms with van der Waals surface area (Å²) in [6, 6.07) is 0.549. The van der Waals surface area contributed by atoms with E-state index in [4.69, 9.17) is 0 Å². The monoisotopic (exact) mass is 327 g/mol. The van der Waals surface area contributed by atoms with Gasteiger partial charge >= 0.3 is 0 Å². The van der Waals surface area contributed by atoms with Gasteiger partial charge in [-0.15, -0.1) is 11.3 Å². The molecule has 1 aliphatic heterocycles. The lowest BCUT2D eigenvalue weighted by Gasteiger charge is -2.22. The summed E-state index contributed by atoms with van der Waals surface area (Å²) in [5.41, 5.74) is 1.03. The highest BCUT2D eigenvalue weighted by atomic mass is 32.2. The Labute approximate surface area is 135 Å². The lowest BCUT2D eigenvalue weighted by Crippen LogP contribution is -2.40. The van der Waals surface area contributed by atoms with Gasteiger partial charge in [0.2, 0.25) is 5.91 Å². The van der Waals surface area contributed by atoms with Crippen molar-refractivity contribution >= 4 is 29.0 Å². The molecule has 0 radical (unpaired) electrons. The Bertz CT molecular complexity index is 476. The zero-order valence-corrected chi connectivity index (χ0v) is 14.9. The fraction of sp³-hybridized carbons (Fsp3) is 0.733. The number of hydrogen-bond donors (Lipinski definition) is 1. The number of aromatic nitrogens is 1. The van der Waals surface area contributed by atoms with Crippen LogP contribution in [-0.2, 0) is 16.8 Å². The van der Waals surface area contributed by atoms with Crippen LogP contribution in [0.15, 0.2) is 5.38 Å². The van der Waals surface area contributed by atoms with Crippen molar-refractivity contribution in [3.05, 3.63) is 16.1 Å². The maximum atomic E-state index is 12.0. The second kappa shape index (κ2) is 7.11. The molecule has 1 atom stereocenters. The Morgan fingerprint density at radius 1 is 1.52 bits per heavy atom. The number of thioether (sulfide) groups is 1. The Hall–Kier alpha value is -0.590. The van der Waals surface area contributed by atoms with Gasteiger partial charge in [0.05, 0.1) is 23.8 Å². The second-order valence-electron chi connectivity index (χ2n) is 6.60. The van der Waals surface area contributed by atoms with E-state index in [-0.39, 0.29) is 11.3 Å². The highest BCUT2D eigenvalue weighted by molar-refractivity contribution is 7.99. The standard InChI is InChI=1S/C15H25N3OS2/c1-15(2,3)14-17-11(9-21-14)7-16-13(19)8-18(4)12-5-6-20-10-12/h9,12H,5-8,10H2,1-4H3,(H,16,19). The van der Waals surface area contributed by atoms with Crippen LogP contribution in [0.3, 0.4) is 0 Å². The van der Waals surface area contributed by atoms with Gasteiger partial charge < -0.3 is 5.32 Å². The van der Waals surface area contributed by atoms with E-state index in [1.807, 2.05) is 24.2 Å².